The molecule has 1 N–H and O–H groups in total. The average Bonchev–Trinajstić information content (AvgIpc) is 3.71. The standard InChI is InChI=1S/C44H42Cl2FN5O5/c45-35-13-29(21-52-25-44(26-52)17-40(53)50-42(44)54)38(56-22-28-12-27(18-48)19-49-20-28)14-39(35)57-36-9-8-32-31(4-1-5-33(32)36)34-6-2-7-37(41(34)46)55-11-3-10-51-23-43(24-51)15-30(47)16-43/h1-2,4-7,12-14,19-20,30,36H,3,8-11,15-17,21-26H2,(H,50,53,54)/t36-/m0/s1. The second-order valence-electron chi connectivity index (χ2n) is 16.4. The highest BCUT2D eigenvalue weighted by Crippen LogP contribution is 2.50. The molecule has 4 heterocycles. The maximum Gasteiger partial charge on any atom is 0.235 e. The van der Waals surface area contributed by atoms with Crippen LogP contribution in [0.4, 0.5) is 4.39 Å². The zero-order chi connectivity index (χ0) is 39.3. The molecular formula is C44H42Cl2FN5O5. The van der Waals surface area contributed by atoms with E-state index >= 15 is 0 Å². The molecule has 3 aliphatic heterocycles. The Morgan fingerprint density at radius 1 is 0.947 bits per heavy atom. The minimum absolute atomic E-state index is 0.164. The Balaban J connectivity index is 0.895. The number of halogens is 3. The highest BCUT2D eigenvalue weighted by Gasteiger charge is 2.55. The van der Waals surface area contributed by atoms with E-state index < -0.39 is 11.6 Å². The van der Waals surface area contributed by atoms with E-state index in [1.54, 1.807) is 12.3 Å². The Kier molecular flexibility index (Phi) is 10.1. The van der Waals surface area contributed by atoms with Gasteiger partial charge in [0.05, 0.1) is 27.6 Å². The van der Waals surface area contributed by atoms with E-state index in [1.165, 1.54) is 6.20 Å². The lowest BCUT2D eigenvalue weighted by Crippen LogP contribution is -2.62. The fourth-order valence-corrected chi connectivity index (χ4v) is 9.98. The summed E-state index contributed by atoms with van der Waals surface area (Å²) in [4.78, 5) is 33.0. The van der Waals surface area contributed by atoms with Crippen LogP contribution in [0.1, 0.15) is 66.0 Å². The molecule has 2 aliphatic carbocycles. The summed E-state index contributed by atoms with van der Waals surface area (Å²) in [5.41, 5.74) is 5.69. The van der Waals surface area contributed by atoms with Gasteiger partial charge >= 0.3 is 0 Å². The molecule has 9 rings (SSSR count). The van der Waals surface area contributed by atoms with Gasteiger partial charge in [-0.25, -0.2) is 4.39 Å². The summed E-state index contributed by atoms with van der Waals surface area (Å²) in [6.45, 7) is 4.99. The number of aromatic nitrogens is 1. The van der Waals surface area contributed by atoms with Gasteiger partial charge in [-0.3, -0.25) is 24.8 Å². The highest BCUT2D eigenvalue weighted by molar-refractivity contribution is 6.35. The second kappa shape index (κ2) is 15.2. The number of carbonyl (C=O) groups excluding carboxylic acids is 2. The maximum atomic E-state index is 13.4. The number of hydrogen-bond donors (Lipinski definition) is 1. The van der Waals surface area contributed by atoms with Crippen LogP contribution in [0.5, 0.6) is 17.2 Å². The summed E-state index contributed by atoms with van der Waals surface area (Å²) in [5.74, 6) is 1.23. The average molecular weight is 811 g/mol. The molecule has 4 aromatic rings. The molecule has 0 radical (unpaired) electrons. The lowest BCUT2D eigenvalue weighted by molar-refractivity contribution is -0.137. The summed E-state index contributed by atoms with van der Waals surface area (Å²) in [7, 11) is 0. The summed E-state index contributed by atoms with van der Waals surface area (Å²) in [5, 5.41) is 12.8. The number of hydrogen-bond acceptors (Lipinski definition) is 9. The molecule has 4 fully saturated rings. The molecule has 294 valence electrons. The number of pyridine rings is 1. The van der Waals surface area contributed by atoms with Crippen LogP contribution >= 0.6 is 23.2 Å². The first-order valence-corrected chi connectivity index (χ1v) is 20.3. The number of rotatable bonds is 13. The number of benzene rings is 3. The van der Waals surface area contributed by atoms with Crippen LogP contribution in [0, 0.1) is 22.2 Å². The molecule has 1 atom stereocenters. The van der Waals surface area contributed by atoms with Crippen molar-refractivity contribution in [2.24, 2.45) is 10.8 Å². The molecular weight excluding hydrogens is 768 g/mol. The third-order valence-electron chi connectivity index (χ3n) is 12.2. The van der Waals surface area contributed by atoms with Crippen molar-refractivity contribution in [2.75, 3.05) is 39.3 Å². The van der Waals surface area contributed by atoms with Crippen LogP contribution in [-0.2, 0) is 29.2 Å². The number of nitriles is 1. The monoisotopic (exact) mass is 809 g/mol. The van der Waals surface area contributed by atoms with Crippen LogP contribution < -0.4 is 19.5 Å². The normalized spacial score (nSPS) is 20.7. The van der Waals surface area contributed by atoms with Gasteiger partial charge in [0.2, 0.25) is 11.8 Å². The van der Waals surface area contributed by atoms with Crippen LogP contribution in [0.15, 0.2) is 67.0 Å². The zero-order valence-electron chi connectivity index (χ0n) is 31.4. The number of amides is 2. The van der Waals surface area contributed by atoms with E-state index in [0.717, 1.165) is 72.3 Å². The Labute approximate surface area is 340 Å². The van der Waals surface area contributed by atoms with Gasteiger partial charge < -0.3 is 19.1 Å². The molecule has 5 aliphatic rings. The van der Waals surface area contributed by atoms with Crippen LogP contribution in [0.2, 0.25) is 10.0 Å². The zero-order valence-corrected chi connectivity index (χ0v) is 32.9. The van der Waals surface area contributed by atoms with Crippen molar-refractivity contribution in [2.45, 2.75) is 64.0 Å². The molecule has 0 unspecified atom stereocenters. The van der Waals surface area contributed by atoms with Gasteiger partial charge in [0.25, 0.3) is 0 Å². The molecule has 13 heteroatoms. The van der Waals surface area contributed by atoms with Gasteiger partial charge in [0.1, 0.15) is 42.2 Å². The number of carbonyl (C=O) groups is 2. The molecule has 3 aromatic carbocycles. The number of ether oxygens (including phenoxy) is 3. The van der Waals surface area contributed by atoms with E-state index in [4.69, 9.17) is 37.4 Å². The summed E-state index contributed by atoms with van der Waals surface area (Å²) < 4.78 is 32.6. The van der Waals surface area contributed by atoms with Gasteiger partial charge in [0, 0.05) is 86.3 Å². The largest absolute Gasteiger partial charge is 0.492 e. The van der Waals surface area contributed by atoms with E-state index in [0.29, 0.717) is 71.9 Å². The van der Waals surface area contributed by atoms with Gasteiger partial charge in [-0.2, -0.15) is 5.26 Å². The molecule has 2 amide bonds. The number of nitrogens with zero attached hydrogens (tertiary/aromatic N) is 4. The Morgan fingerprint density at radius 3 is 2.53 bits per heavy atom. The molecule has 10 nitrogen and oxygen atoms in total. The van der Waals surface area contributed by atoms with E-state index in [1.807, 2.05) is 36.4 Å². The van der Waals surface area contributed by atoms with Crippen molar-refractivity contribution in [3.8, 4) is 34.4 Å². The van der Waals surface area contributed by atoms with Crippen LogP contribution in [0.25, 0.3) is 11.1 Å². The van der Waals surface area contributed by atoms with Crippen molar-refractivity contribution in [3.05, 3.63) is 105 Å². The molecule has 0 bridgehead atoms. The van der Waals surface area contributed by atoms with E-state index in [-0.39, 0.29) is 36.4 Å². The highest BCUT2D eigenvalue weighted by atomic mass is 35.5. The minimum Gasteiger partial charge on any atom is -0.492 e. The molecule has 3 saturated heterocycles. The topological polar surface area (TPSA) is 117 Å². The van der Waals surface area contributed by atoms with Crippen molar-refractivity contribution in [3.63, 3.8) is 0 Å². The van der Waals surface area contributed by atoms with E-state index in [2.05, 4.69) is 38.3 Å². The fourth-order valence-electron chi connectivity index (χ4n) is 9.47. The summed E-state index contributed by atoms with van der Waals surface area (Å²) in [6, 6.07) is 19.6. The van der Waals surface area contributed by atoms with Crippen molar-refractivity contribution >= 4 is 35.0 Å². The number of nitrogens with one attached hydrogen (secondary N) is 1. The third-order valence-corrected chi connectivity index (χ3v) is 12.8. The van der Waals surface area contributed by atoms with Crippen LogP contribution in [0.3, 0.4) is 0 Å². The second-order valence-corrected chi connectivity index (χ2v) is 17.2. The summed E-state index contributed by atoms with van der Waals surface area (Å²) in [6.07, 6.45) is 6.30. The Hall–Kier alpha value is -4.73. The van der Waals surface area contributed by atoms with Gasteiger partial charge in [-0.1, -0.05) is 53.5 Å². The van der Waals surface area contributed by atoms with Crippen LogP contribution in [-0.4, -0.2) is 72.1 Å². The number of fused-ring (bicyclic) bond motifs is 1. The molecule has 1 aromatic heterocycles. The lowest BCUT2D eigenvalue weighted by Gasteiger charge is -2.57. The first-order chi connectivity index (χ1) is 27.6. The van der Waals surface area contributed by atoms with Crippen molar-refractivity contribution in [1.29, 1.82) is 5.26 Å². The van der Waals surface area contributed by atoms with Crippen molar-refractivity contribution in [1.82, 2.24) is 20.1 Å². The predicted octanol–water partition coefficient (Wildman–Crippen LogP) is 7.62. The predicted molar refractivity (Wildman–Crippen MR) is 212 cm³/mol. The van der Waals surface area contributed by atoms with Gasteiger partial charge in [0.15, 0.2) is 0 Å². The Morgan fingerprint density at radius 2 is 1.75 bits per heavy atom. The van der Waals surface area contributed by atoms with E-state index in [9.17, 15) is 19.2 Å². The maximum absolute atomic E-state index is 13.4. The molecule has 2 spiro atoms. The van der Waals surface area contributed by atoms with Gasteiger partial charge in [-0.15, -0.1) is 0 Å². The lowest BCUT2D eigenvalue weighted by atomic mass is 9.62. The summed E-state index contributed by atoms with van der Waals surface area (Å²) >= 11 is 14.0. The number of likely N-dealkylation sites (tertiary alicyclic amines) is 2. The SMILES string of the molecule is N#Cc1cncc(COc2cc(O[C@H]3CCc4c(-c5cccc(OCCCN6CC7(CC(F)C7)C6)c5Cl)cccc43)c(Cl)cc2CN2CC3(CC(=O)NC3=O)C2)c1. The number of imide groups is 1. The first kappa shape index (κ1) is 37.8. The number of alkyl halides is 1. The minimum atomic E-state index is -0.682. The van der Waals surface area contributed by atoms with Gasteiger partial charge in [-0.05, 0) is 67.0 Å². The van der Waals surface area contributed by atoms with Crippen molar-refractivity contribution < 1.29 is 28.2 Å². The Bertz CT molecular complexity index is 2280. The third kappa shape index (κ3) is 7.45. The molecule has 1 saturated carbocycles. The fraction of sp³-hybridized carbons (Fsp3) is 0.409. The quantitative estimate of drug-likeness (QED) is 0.108. The first-order valence-electron chi connectivity index (χ1n) is 19.5. The molecule has 57 heavy (non-hydrogen) atoms. The smallest absolute Gasteiger partial charge is 0.235 e.